The summed E-state index contributed by atoms with van der Waals surface area (Å²) in [5.41, 5.74) is 1.34. The second-order valence-electron chi connectivity index (χ2n) is 2.98. The molecule has 1 rings (SSSR count). The second-order valence-corrected chi connectivity index (χ2v) is 2.98. The maximum atomic E-state index is 11.1. The largest absolute Gasteiger partial charge is 0.508 e. The lowest BCUT2D eigenvalue weighted by atomic mass is 10.2. The summed E-state index contributed by atoms with van der Waals surface area (Å²) < 4.78 is 4.66. The van der Waals surface area contributed by atoms with E-state index in [9.17, 15) is 9.90 Å². The van der Waals surface area contributed by atoms with Gasteiger partial charge in [-0.2, -0.15) is 0 Å². The average molecular weight is 195 g/mol. The zero-order chi connectivity index (χ0) is 10.6. The summed E-state index contributed by atoms with van der Waals surface area (Å²) in [6.07, 6.45) is 0. The van der Waals surface area contributed by atoms with E-state index in [4.69, 9.17) is 0 Å². The van der Waals surface area contributed by atoms with Crippen molar-refractivity contribution < 1.29 is 14.6 Å². The maximum Gasteiger partial charge on any atom is 0.250 e. The first-order valence-corrected chi connectivity index (χ1v) is 4.22. The molecule has 0 fully saturated rings. The van der Waals surface area contributed by atoms with Gasteiger partial charge in [-0.25, -0.2) is 0 Å². The van der Waals surface area contributed by atoms with Gasteiger partial charge >= 0.3 is 0 Å². The first-order valence-electron chi connectivity index (χ1n) is 4.22. The Balaban J connectivity index is 2.68. The molecule has 0 aliphatic carbocycles. The summed E-state index contributed by atoms with van der Waals surface area (Å²) in [6, 6.07) is 4.96. The van der Waals surface area contributed by atoms with Crippen LogP contribution in [0.25, 0.3) is 0 Å². The Morgan fingerprint density at radius 3 is 2.86 bits per heavy atom. The lowest BCUT2D eigenvalue weighted by Crippen LogP contribution is -2.16. The first-order chi connectivity index (χ1) is 6.63. The van der Waals surface area contributed by atoms with E-state index >= 15 is 0 Å². The van der Waals surface area contributed by atoms with E-state index in [-0.39, 0.29) is 18.3 Å². The van der Waals surface area contributed by atoms with Gasteiger partial charge in [-0.3, -0.25) is 4.79 Å². The minimum Gasteiger partial charge on any atom is -0.508 e. The number of hydrogen-bond donors (Lipinski definition) is 2. The Labute approximate surface area is 82.5 Å². The number of amides is 1. The van der Waals surface area contributed by atoms with Crippen LogP contribution in [0.2, 0.25) is 0 Å². The zero-order valence-corrected chi connectivity index (χ0v) is 8.20. The standard InChI is InChI=1S/C10H13NO3/c1-7-3-4-8(5-9(7)12)11-10(13)6-14-2/h3-5,12H,6H2,1-2H3,(H,11,13). The number of hydrogen-bond acceptors (Lipinski definition) is 3. The van der Waals surface area contributed by atoms with E-state index in [1.807, 2.05) is 0 Å². The molecule has 0 spiro atoms. The molecular weight excluding hydrogens is 182 g/mol. The maximum absolute atomic E-state index is 11.1. The quantitative estimate of drug-likeness (QED) is 0.764. The van der Waals surface area contributed by atoms with Gasteiger partial charge in [-0.1, -0.05) is 6.07 Å². The number of methoxy groups -OCH3 is 1. The number of benzene rings is 1. The van der Waals surface area contributed by atoms with Crippen LogP contribution in [0.15, 0.2) is 18.2 Å². The Morgan fingerprint density at radius 2 is 2.29 bits per heavy atom. The topological polar surface area (TPSA) is 58.6 Å². The second kappa shape index (κ2) is 4.62. The molecule has 1 amide bonds. The van der Waals surface area contributed by atoms with Crippen molar-refractivity contribution in [2.45, 2.75) is 6.92 Å². The number of phenols is 1. The highest BCUT2D eigenvalue weighted by Crippen LogP contribution is 2.20. The van der Waals surface area contributed by atoms with Crippen LogP contribution in [-0.2, 0) is 9.53 Å². The minimum atomic E-state index is -0.240. The molecule has 14 heavy (non-hydrogen) atoms. The van der Waals surface area contributed by atoms with Crippen molar-refractivity contribution >= 4 is 11.6 Å². The zero-order valence-electron chi connectivity index (χ0n) is 8.20. The van der Waals surface area contributed by atoms with Gasteiger partial charge in [-0.05, 0) is 18.6 Å². The molecule has 0 saturated heterocycles. The molecular formula is C10H13NO3. The number of aryl methyl sites for hydroxylation is 1. The van der Waals surface area contributed by atoms with Gasteiger partial charge in [0.2, 0.25) is 5.91 Å². The van der Waals surface area contributed by atoms with Gasteiger partial charge in [0, 0.05) is 18.9 Å². The summed E-state index contributed by atoms with van der Waals surface area (Å²) in [4.78, 5) is 11.1. The lowest BCUT2D eigenvalue weighted by molar-refractivity contribution is -0.119. The fourth-order valence-electron chi connectivity index (χ4n) is 1.02. The van der Waals surface area contributed by atoms with Gasteiger partial charge in [0.05, 0.1) is 0 Å². The molecule has 0 unspecified atom stereocenters. The molecule has 0 aliphatic rings. The number of phenolic OH excluding ortho intramolecular Hbond substituents is 1. The molecule has 4 nitrogen and oxygen atoms in total. The Morgan fingerprint density at radius 1 is 1.57 bits per heavy atom. The highest BCUT2D eigenvalue weighted by molar-refractivity contribution is 5.91. The van der Waals surface area contributed by atoms with Gasteiger partial charge < -0.3 is 15.2 Å². The molecule has 2 N–H and O–H groups in total. The van der Waals surface area contributed by atoms with E-state index in [1.54, 1.807) is 19.1 Å². The van der Waals surface area contributed by atoms with Crippen molar-refractivity contribution in [1.29, 1.82) is 0 Å². The van der Waals surface area contributed by atoms with Gasteiger partial charge in [-0.15, -0.1) is 0 Å². The summed E-state index contributed by atoms with van der Waals surface area (Å²) >= 11 is 0. The van der Waals surface area contributed by atoms with E-state index < -0.39 is 0 Å². The van der Waals surface area contributed by atoms with Crippen LogP contribution in [-0.4, -0.2) is 24.7 Å². The summed E-state index contributed by atoms with van der Waals surface area (Å²) in [5, 5.41) is 11.9. The van der Waals surface area contributed by atoms with Crippen molar-refractivity contribution in [2.24, 2.45) is 0 Å². The lowest BCUT2D eigenvalue weighted by Gasteiger charge is -2.05. The highest BCUT2D eigenvalue weighted by atomic mass is 16.5. The number of nitrogens with one attached hydrogen (secondary N) is 1. The third kappa shape index (κ3) is 2.74. The molecule has 1 aromatic carbocycles. The first kappa shape index (κ1) is 10.5. The predicted octanol–water partition coefficient (Wildman–Crippen LogP) is 1.29. The molecule has 0 radical (unpaired) electrons. The molecule has 0 heterocycles. The van der Waals surface area contributed by atoms with E-state index in [2.05, 4.69) is 10.1 Å². The molecule has 0 atom stereocenters. The number of carbonyl (C=O) groups is 1. The summed E-state index contributed by atoms with van der Waals surface area (Å²) in [5.74, 6) is -0.0732. The molecule has 4 heteroatoms. The SMILES string of the molecule is COCC(=O)Nc1ccc(C)c(O)c1. The summed E-state index contributed by atoms with van der Waals surface area (Å²) in [6.45, 7) is 1.80. The molecule has 0 bridgehead atoms. The van der Waals surface area contributed by atoms with Crippen molar-refractivity contribution in [3.05, 3.63) is 23.8 Å². The van der Waals surface area contributed by atoms with E-state index in [0.29, 0.717) is 5.69 Å². The van der Waals surface area contributed by atoms with E-state index in [1.165, 1.54) is 13.2 Å². The fraction of sp³-hybridized carbons (Fsp3) is 0.300. The molecule has 1 aromatic rings. The van der Waals surface area contributed by atoms with Crippen molar-refractivity contribution in [3.63, 3.8) is 0 Å². The highest BCUT2D eigenvalue weighted by Gasteiger charge is 2.02. The number of carbonyl (C=O) groups excluding carboxylic acids is 1. The fourth-order valence-corrected chi connectivity index (χ4v) is 1.02. The Kier molecular flexibility index (Phi) is 3.48. The molecule has 0 aromatic heterocycles. The van der Waals surface area contributed by atoms with Crippen LogP contribution in [0.4, 0.5) is 5.69 Å². The monoisotopic (exact) mass is 195 g/mol. The van der Waals surface area contributed by atoms with Gasteiger partial charge in [0.25, 0.3) is 0 Å². The number of rotatable bonds is 3. The average Bonchev–Trinajstić information content (AvgIpc) is 2.12. The van der Waals surface area contributed by atoms with Crippen LogP contribution < -0.4 is 5.32 Å². The number of aromatic hydroxyl groups is 1. The van der Waals surface area contributed by atoms with Crippen LogP contribution >= 0.6 is 0 Å². The molecule has 0 saturated carbocycles. The van der Waals surface area contributed by atoms with Crippen molar-refractivity contribution in [1.82, 2.24) is 0 Å². The predicted molar refractivity (Wildman–Crippen MR) is 53.3 cm³/mol. The Bertz CT molecular complexity index is 336. The van der Waals surface area contributed by atoms with Gasteiger partial charge in [0.15, 0.2) is 0 Å². The van der Waals surface area contributed by atoms with Crippen LogP contribution in [0.1, 0.15) is 5.56 Å². The van der Waals surface area contributed by atoms with Crippen molar-refractivity contribution in [2.75, 3.05) is 19.0 Å². The van der Waals surface area contributed by atoms with Crippen LogP contribution in [0.3, 0.4) is 0 Å². The van der Waals surface area contributed by atoms with Crippen LogP contribution in [0, 0.1) is 6.92 Å². The molecule has 76 valence electrons. The Hall–Kier alpha value is -1.55. The third-order valence-electron chi connectivity index (χ3n) is 1.77. The van der Waals surface area contributed by atoms with E-state index in [0.717, 1.165) is 5.56 Å². The number of anilines is 1. The molecule has 0 aliphatic heterocycles. The smallest absolute Gasteiger partial charge is 0.250 e. The van der Waals surface area contributed by atoms with Gasteiger partial charge in [0.1, 0.15) is 12.4 Å². The van der Waals surface area contributed by atoms with Crippen molar-refractivity contribution in [3.8, 4) is 5.75 Å². The normalized spacial score (nSPS) is 9.86. The minimum absolute atomic E-state index is 0.00857. The third-order valence-corrected chi connectivity index (χ3v) is 1.77. The van der Waals surface area contributed by atoms with Crippen LogP contribution in [0.5, 0.6) is 5.75 Å². The summed E-state index contributed by atoms with van der Waals surface area (Å²) in [7, 11) is 1.45. The number of ether oxygens (including phenoxy) is 1.